The highest BCUT2D eigenvalue weighted by atomic mass is 19.1. The Balaban J connectivity index is 2.04. The van der Waals surface area contributed by atoms with Gasteiger partial charge in [0.1, 0.15) is 18.2 Å². The molecule has 21 heavy (non-hydrogen) atoms. The second-order valence-electron chi connectivity index (χ2n) is 4.62. The average molecular weight is 286 g/mol. The maximum absolute atomic E-state index is 13.9. The molecule has 2 aromatic carbocycles. The molecule has 0 bridgehead atoms. The van der Waals surface area contributed by atoms with Gasteiger partial charge in [-0.15, -0.1) is 0 Å². The first-order valence-electron chi connectivity index (χ1n) is 6.43. The van der Waals surface area contributed by atoms with Gasteiger partial charge in [-0.1, -0.05) is 29.8 Å². The number of benzene rings is 2. The van der Waals surface area contributed by atoms with E-state index < -0.39 is 11.8 Å². The third-order valence-electron chi connectivity index (χ3n) is 2.91. The van der Waals surface area contributed by atoms with Crippen LogP contribution in [0.5, 0.6) is 5.75 Å². The summed E-state index contributed by atoms with van der Waals surface area (Å²) in [5, 5.41) is 8.53. The molecular weight excluding hydrogens is 271 g/mol. The summed E-state index contributed by atoms with van der Waals surface area (Å²) in [4.78, 5) is 10.4. The molecule has 4 heteroatoms. The summed E-state index contributed by atoms with van der Waals surface area (Å²) in [6, 6.07) is 12.0. The number of hydrogen-bond acceptors (Lipinski definition) is 2. The molecular formula is C17H15FO3. The second-order valence-corrected chi connectivity index (χ2v) is 4.62. The van der Waals surface area contributed by atoms with Gasteiger partial charge in [0.05, 0.1) is 0 Å². The standard InChI is InChI=1S/C17H15FO3/c1-12-2-7-15(8-3-12)21-11-14-6-4-13(10-16(14)18)5-9-17(19)20/h2-10H,11H2,1H3,(H,19,20). The number of aliphatic carboxylic acids is 1. The quantitative estimate of drug-likeness (QED) is 0.850. The van der Waals surface area contributed by atoms with E-state index in [1.165, 1.54) is 12.1 Å². The molecule has 0 saturated heterocycles. The van der Waals surface area contributed by atoms with E-state index in [0.717, 1.165) is 11.6 Å². The van der Waals surface area contributed by atoms with E-state index in [-0.39, 0.29) is 6.61 Å². The van der Waals surface area contributed by atoms with Crippen LogP contribution >= 0.6 is 0 Å². The Bertz CT molecular complexity index is 660. The first-order valence-corrected chi connectivity index (χ1v) is 6.43. The van der Waals surface area contributed by atoms with E-state index in [9.17, 15) is 9.18 Å². The maximum atomic E-state index is 13.9. The lowest BCUT2D eigenvalue weighted by atomic mass is 10.1. The Morgan fingerprint density at radius 2 is 1.95 bits per heavy atom. The smallest absolute Gasteiger partial charge is 0.328 e. The minimum atomic E-state index is -1.07. The van der Waals surface area contributed by atoms with Crippen LogP contribution in [0.25, 0.3) is 6.08 Å². The molecule has 0 aliphatic carbocycles. The van der Waals surface area contributed by atoms with Gasteiger partial charge in [0.25, 0.3) is 0 Å². The Morgan fingerprint density at radius 3 is 2.57 bits per heavy atom. The molecule has 2 aromatic rings. The molecule has 0 radical (unpaired) electrons. The average Bonchev–Trinajstić information content (AvgIpc) is 2.46. The van der Waals surface area contributed by atoms with Crippen LogP contribution in [-0.4, -0.2) is 11.1 Å². The van der Waals surface area contributed by atoms with Crippen molar-refractivity contribution in [2.24, 2.45) is 0 Å². The normalized spacial score (nSPS) is 10.8. The summed E-state index contributed by atoms with van der Waals surface area (Å²) < 4.78 is 19.4. The van der Waals surface area contributed by atoms with E-state index in [0.29, 0.717) is 16.9 Å². The Hall–Kier alpha value is -2.62. The predicted molar refractivity (Wildman–Crippen MR) is 78.6 cm³/mol. The van der Waals surface area contributed by atoms with Gasteiger partial charge in [0.15, 0.2) is 0 Å². The third-order valence-corrected chi connectivity index (χ3v) is 2.91. The van der Waals surface area contributed by atoms with Crippen molar-refractivity contribution in [2.75, 3.05) is 0 Å². The fourth-order valence-corrected chi connectivity index (χ4v) is 1.75. The molecule has 1 N–H and O–H groups in total. The van der Waals surface area contributed by atoms with Crippen molar-refractivity contribution in [1.82, 2.24) is 0 Å². The van der Waals surface area contributed by atoms with E-state index in [1.807, 2.05) is 31.2 Å². The minimum absolute atomic E-state index is 0.123. The van der Waals surface area contributed by atoms with Gasteiger partial charge in [-0.3, -0.25) is 0 Å². The second kappa shape index (κ2) is 6.70. The molecule has 0 saturated carbocycles. The predicted octanol–water partition coefficient (Wildman–Crippen LogP) is 3.81. The fourth-order valence-electron chi connectivity index (χ4n) is 1.75. The summed E-state index contributed by atoms with van der Waals surface area (Å²) in [5.41, 5.74) is 2.04. The number of aryl methyl sites for hydroxylation is 1. The van der Waals surface area contributed by atoms with Gasteiger partial charge in [-0.25, -0.2) is 9.18 Å². The molecule has 0 fully saturated rings. The van der Waals surface area contributed by atoms with E-state index >= 15 is 0 Å². The first-order chi connectivity index (χ1) is 10.0. The lowest BCUT2D eigenvalue weighted by molar-refractivity contribution is -0.131. The first kappa shape index (κ1) is 14.8. The van der Waals surface area contributed by atoms with Crippen LogP contribution < -0.4 is 4.74 Å². The van der Waals surface area contributed by atoms with Gasteiger partial charge < -0.3 is 9.84 Å². The molecule has 0 spiro atoms. The van der Waals surface area contributed by atoms with Crippen LogP contribution in [0.3, 0.4) is 0 Å². The number of carboxylic acid groups (broad SMARTS) is 1. The lowest BCUT2D eigenvalue weighted by Crippen LogP contribution is -1.99. The topological polar surface area (TPSA) is 46.5 Å². The SMILES string of the molecule is Cc1ccc(OCc2ccc(C=CC(=O)O)cc2F)cc1. The van der Waals surface area contributed by atoms with Crippen LogP contribution in [0, 0.1) is 12.7 Å². The van der Waals surface area contributed by atoms with Gasteiger partial charge >= 0.3 is 5.97 Å². The molecule has 3 nitrogen and oxygen atoms in total. The molecule has 0 amide bonds. The maximum Gasteiger partial charge on any atom is 0.328 e. The Morgan fingerprint density at radius 1 is 1.24 bits per heavy atom. The van der Waals surface area contributed by atoms with Crippen molar-refractivity contribution in [2.45, 2.75) is 13.5 Å². The number of halogens is 1. The highest BCUT2D eigenvalue weighted by Gasteiger charge is 2.04. The van der Waals surface area contributed by atoms with E-state index in [2.05, 4.69) is 0 Å². The van der Waals surface area contributed by atoms with E-state index in [1.54, 1.807) is 12.1 Å². The van der Waals surface area contributed by atoms with Crippen LogP contribution in [0.2, 0.25) is 0 Å². The highest BCUT2D eigenvalue weighted by molar-refractivity contribution is 5.85. The van der Waals surface area contributed by atoms with Crippen LogP contribution in [0.4, 0.5) is 4.39 Å². The van der Waals surface area contributed by atoms with E-state index in [4.69, 9.17) is 9.84 Å². The molecule has 0 aliphatic rings. The highest BCUT2D eigenvalue weighted by Crippen LogP contribution is 2.17. The van der Waals surface area contributed by atoms with Crippen molar-refractivity contribution in [3.63, 3.8) is 0 Å². The van der Waals surface area contributed by atoms with Crippen molar-refractivity contribution < 1.29 is 19.0 Å². The summed E-state index contributed by atoms with van der Waals surface area (Å²) in [5.74, 6) is -0.813. The molecule has 2 rings (SSSR count). The van der Waals surface area contributed by atoms with Gasteiger partial charge in [-0.2, -0.15) is 0 Å². The Labute approximate surface area is 122 Å². The summed E-state index contributed by atoms with van der Waals surface area (Å²) >= 11 is 0. The molecule has 0 aromatic heterocycles. The summed E-state index contributed by atoms with van der Waals surface area (Å²) in [7, 11) is 0. The van der Waals surface area contributed by atoms with Gasteiger partial charge in [0, 0.05) is 11.6 Å². The summed E-state index contributed by atoms with van der Waals surface area (Å²) in [6.45, 7) is 2.10. The number of carboxylic acids is 1. The lowest BCUT2D eigenvalue weighted by Gasteiger charge is -2.08. The number of ether oxygens (including phenoxy) is 1. The Kier molecular flexibility index (Phi) is 4.72. The zero-order valence-electron chi connectivity index (χ0n) is 11.5. The van der Waals surface area contributed by atoms with Crippen LogP contribution in [-0.2, 0) is 11.4 Å². The van der Waals surface area contributed by atoms with Crippen molar-refractivity contribution in [1.29, 1.82) is 0 Å². The van der Waals surface area contributed by atoms with Gasteiger partial charge in [0.2, 0.25) is 0 Å². The largest absolute Gasteiger partial charge is 0.489 e. The number of hydrogen-bond donors (Lipinski definition) is 1. The number of rotatable bonds is 5. The van der Waals surface area contributed by atoms with Crippen molar-refractivity contribution >= 4 is 12.0 Å². The third kappa shape index (κ3) is 4.45. The molecule has 0 heterocycles. The van der Waals surface area contributed by atoms with Crippen molar-refractivity contribution in [3.8, 4) is 5.75 Å². The zero-order valence-corrected chi connectivity index (χ0v) is 11.5. The zero-order chi connectivity index (χ0) is 15.2. The van der Waals surface area contributed by atoms with Crippen LogP contribution in [0.1, 0.15) is 16.7 Å². The number of carbonyl (C=O) groups is 1. The minimum Gasteiger partial charge on any atom is -0.489 e. The molecule has 0 atom stereocenters. The molecule has 0 aliphatic heterocycles. The van der Waals surface area contributed by atoms with Crippen LogP contribution in [0.15, 0.2) is 48.5 Å². The monoisotopic (exact) mass is 286 g/mol. The van der Waals surface area contributed by atoms with Gasteiger partial charge in [-0.05, 0) is 36.8 Å². The fraction of sp³-hybridized carbons (Fsp3) is 0.118. The molecule has 0 unspecified atom stereocenters. The summed E-state index contributed by atoms with van der Waals surface area (Å²) in [6.07, 6.45) is 2.31. The molecule has 108 valence electrons. The van der Waals surface area contributed by atoms with Crippen molar-refractivity contribution in [3.05, 3.63) is 71.0 Å².